The fraction of sp³-hybridized carbons (Fsp3) is 0.0769. The van der Waals surface area contributed by atoms with Gasteiger partial charge in [-0.2, -0.15) is 0 Å². The van der Waals surface area contributed by atoms with Crippen LogP contribution in [0, 0.1) is 6.92 Å². The molecular weight excluding hydrogens is 312 g/mol. The Morgan fingerprint density at radius 2 is 2.11 bits per heavy atom. The summed E-state index contributed by atoms with van der Waals surface area (Å²) in [6.07, 6.45) is 0. The van der Waals surface area contributed by atoms with Gasteiger partial charge in [0.1, 0.15) is 10.3 Å². The Kier molecular flexibility index (Phi) is 2.80. The van der Waals surface area contributed by atoms with Crippen molar-refractivity contribution < 1.29 is 0 Å². The summed E-state index contributed by atoms with van der Waals surface area (Å²) in [5.74, 6) is 0.623. The number of H-pyrrole nitrogens is 1. The van der Waals surface area contributed by atoms with Crippen molar-refractivity contribution in [2.24, 2.45) is 0 Å². The summed E-state index contributed by atoms with van der Waals surface area (Å²) in [5.41, 5.74) is 1.53. The number of fused-ring (bicyclic) bond motifs is 1. The summed E-state index contributed by atoms with van der Waals surface area (Å²) in [6.45, 7) is 1.82. The van der Waals surface area contributed by atoms with E-state index in [1.54, 1.807) is 11.3 Å². The van der Waals surface area contributed by atoms with Crippen LogP contribution in [0.4, 0.5) is 0 Å². The van der Waals surface area contributed by atoms with Gasteiger partial charge in [-0.25, -0.2) is 4.98 Å². The van der Waals surface area contributed by atoms with Gasteiger partial charge in [-0.05, 0) is 28.9 Å². The highest BCUT2D eigenvalue weighted by Gasteiger charge is 2.11. The number of aromatic amines is 1. The van der Waals surface area contributed by atoms with Crippen molar-refractivity contribution in [1.29, 1.82) is 0 Å². The molecule has 0 bridgehead atoms. The highest BCUT2D eigenvalue weighted by atomic mass is 79.9. The molecule has 0 aliphatic heterocycles. The monoisotopic (exact) mass is 320 g/mol. The van der Waals surface area contributed by atoms with Crippen LogP contribution in [0.5, 0.6) is 0 Å². The van der Waals surface area contributed by atoms with E-state index in [-0.39, 0.29) is 5.56 Å². The van der Waals surface area contributed by atoms with Crippen molar-refractivity contribution in [3.63, 3.8) is 0 Å². The lowest BCUT2D eigenvalue weighted by Crippen LogP contribution is -2.11. The first-order valence-corrected chi connectivity index (χ1v) is 7.07. The zero-order valence-electron chi connectivity index (χ0n) is 9.53. The summed E-state index contributed by atoms with van der Waals surface area (Å²) in [4.78, 5) is 19.0. The fourth-order valence-corrected chi connectivity index (χ4v) is 2.99. The van der Waals surface area contributed by atoms with Crippen molar-refractivity contribution in [2.75, 3.05) is 0 Å². The number of nitrogens with one attached hydrogen (secondary N) is 1. The predicted octanol–water partition coefficient (Wildman–Crippen LogP) is 3.72. The minimum Gasteiger partial charge on any atom is -0.305 e. The van der Waals surface area contributed by atoms with Gasteiger partial charge >= 0.3 is 0 Å². The third-order valence-electron chi connectivity index (χ3n) is 2.76. The molecule has 90 valence electrons. The number of hydrogen-bond donors (Lipinski definition) is 1. The van der Waals surface area contributed by atoms with Crippen LogP contribution in [0.3, 0.4) is 0 Å². The summed E-state index contributed by atoms with van der Waals surface area (Å²) >= 11 is 4.87. The van der Waals surface area contributed by atoms with Crippen LogP contribution in [0.15, 0.2) is 38.9 Å². The van der Waals surface area contributed by atoms with E-state index in [1.165, 1.54) is 4.70 Å². The van der Waals surface area contributed by atoms with Crippen molar-refractivity contribution in [1.82, 2.24) is 9.97 Å². The average Bonchev–Trinajstić information content (AvgIpc) is 2.79. The molecule has 3 nitrogen and oxygen atoms in total. The largest absolute Gasteiger partial charge is 0.305 e. The number of aryl methyl sites for hydroxylation is 1. The fourth-order valence-electron chi connectivity index (χ4n) is 1.86. The van der Waals surface area contributed by atoms with E-state index in [1.807, 2.05) is 30.5 Å². The average molecular weight is 321 g/mol. The van der Waals surface area contributed by atoms with Gasteiger partial charge in [-0.3, -0.25) is 4.79 Å². The van der Waals surface area contributed by atoms with E-state index in [4.69, 9.17) is 0 Å². The minimum atomic E-state index is -0.146. The number of thiophene rings is 1. The van der Waals surface area contributed by atoms with Gasteiger partial charge in [0.25, 0.3) is 5.56 Å². The summed E-state index contributed by atoms with van der Waals surface area (Å²) < 4.78 is 1.68. The number of nitrogens with zero attached hydrogens (tertiary/aromatic N) is 1. The highest BCUT2D eigenvalue weighted by Crippen LogP contribution is 2.31. The van der Waals surface area contributed by atoms with Crippen molar-refractivity contribution in [3.8, 4) is 11.4 Å². The Morgan fingerprint density at radius 3 is 2.89 bits per heavy atom. The van der Waals surface area contributed by atoms with Crippen LogP contribution in [-0.2, 0) is 0 Å². The molecule has 0 atom stereocenters. The first kappa shape index (κ1) is 11.6. The molecule has 0 aliphatic rings. The number of hydrogen-bond acceptors (Lipinski definition) is 3. The van der Waals surface area contributed by atoms with Gasteiger partial charge < -0.3 is 4.98 Å². The van der Waals surface area contributed by atoms with Crippen LogP contribution in [0.25, 0.3) is 21.5 Å². The van der Waals surface area contributed by atoms with E-state index in [2.05, 4.69) is 32.0 Å². The molecule has 1 aromatic carbocycles. The van der Waals surface area contributed by atoms with Crippen LogP contribution >= 0.6 is 27.3 Å². The molecule has 0 saturated heterocycles. The third-order valence-corrected chi connectivity index (χ3v) is 4.66. The Hall–Kier alpha value is -1.46. The predicted molar refractivity (Wildman–Crippen MR) is 78.1 cm³/mol. The molecule has 0 saturated carbocycles. The van der Waals surface area contributed by atoms with E-state index in [9.17, 15) is 4.79 Å². The lowest BCUT2D eigenvalue weighted by Gasteiger charge is -2.02. The van der Waals surface area contributed by atoms with E-state index >= 15 is 0 Å². The molecule has 0 amide bonds. The lowest BCUT2D eigenvalue weighted by atomic mass is 10.1. The zero-order chi connectivity index (χ0) is 12.7. The topological polar surface area (TPSA) is 45.8 Å². The maximum atomic E-state index is 11.8. The number of halogens is 1. The van der Waals surface area contributed by atoms with Crippen molar-refractivity contribution in [2.45, 2.75) is 6.92 Å². The zero-order valence-corrected chi connectivity index (χ0v) is 11.9. The summed E-state index contributed by atoms with van der Waals surface area (Å²) in [6, 6.07) is 8.10. The number of rotatable bonds is 1. The van der Waals surface area contributed by atoms with Crippen LogP contribution in [-0.4, -0.2) is 9.97 Å². The quantitative estimate of drug-likeness (QED) is 0.742. The van der Waals surface area contributed by atoms with Gasteiger partial charge in [0, 0.05) is 21.0 Å². The van der Waals surface area contributed by atoms with Crippen LogP contribution < -0.4 is 5.56 Å². The summed E-state index contributed by atoms with van der Waals surface area (Å²) in [7, 11) is 0. The molecule has 3 aromatic rings. The molecule has 0 radical (unpaired) electrons. The lowest BCUT2D eigenvalue weighted by molar-refractivity contribution is 1.06. The van der Waals surface area contributed by atoms with E-state index < -0.39 is 0 Å². The maximum Gasteiger partial charge on any atom is 0.265 e. The third kappa shape index (κ3) is 1.79. The van der Waals surface area contributed by atoms with Gasteiger partial charge in [0.05, 0.1) is 5.69 Å². The van der Waals surface area contributed by atoms with Gasteiger partial charge in [0.15, 0.2) is 0 Å². The highest BCUT2D eigenvalue weighted by molar-refractivity contribution is 9.10. The second-order valence-corrected chi connectivity index (χ2v) is 5.66. The van der Waals surface area contributed by atoms with E-state index in [0.29, 0.717) is 16.0 Å². The van der Waals surface area contributed by atoms with Gasteiger partial charge in [-0.1, -0.05) is 18.2 Å². The smallest absolute Gasteiger partial charge is 0.265 e. The molecule has 0 unspecified atom stereocenters. The first-order valence-electron chi connectivity index (χ1n) is 5.40. The Balaban J connectivity index is 2.30. The Bertz CT molecular complexity index is 791. The first-order chi connectivity index (χ1) is 8.66. The van der Waals surface area contributed by atoms with Gasteiger partial charge in [0.2, 0.25) is 0 Å². The molecule has 2 aromatic heterocycles. The number of benzene rings is 1. The molecule has 0 fully saturated rings. The molecule has 5 heteroatoms. The Morgan fingerprint density at radius 1 is 1.33 bits per heavy atom. The van der Waals surface area contributed by atoms with Crippen molar-refractivity contribution >= 4 is 37.4 Å². The molecular formula is C13H9BrN2OS. The van der Waals surface area contributed by atoms with Crippen molar-refractivity contribution in [3.05, 3.63) is 50.2 Å². The second kappa shape index (κ2) is 4.33. The van der Waals surface area contributed by atoms with E-state index in [0.717, 1.165) is 10.9 Å². The minimum absolute atomic E-state index is 0.146. The summed E-state index contributed by atoms with van der Waals surface area (Å²) in [5, 5.41) is 3.14. The second-order valence-electron chi connectivity index (χ2n) is 3.96. The molecule has 3 rings (SSSR count). The molecule has 2 heterocycles. The van der Waals surface area contributed by atoms with Gasteiger partial charge in [-0.15, -0.1) is 11.3 Å². The molecule has 18 heavy (non-hydrogen) atoms. The standard InChI is InChI=1S/C13H9BrN2OS/c1-7-11(14)13(17)16-12(15-7)9-6-18-10-5-3-2-4-8(9)10/h2-6H,1H3,(H,15,16,17). The molecule has 0 aliphatic carbocycles. The van der Waals surface area contributed by atoms with Crippen LogP contribution in [0.2, 0.25) is 0 Å². The Labute approximate surface area is 116 Å². The van der Waals surface area contributed by atoms with Crippen LogP contribution in [0.1, 0.15) is 5.69 Å². The SMILES string of the molecule is Cc1nc(-c2csc3ccccc23)[nH]c(=O)c1Br. The normalized spacial score (nSPS) is 11.0. The number of aromatic nitrogens is 2. The molecule has 1 N–H and O–H groups in total. The maximum absolute atomic E-state index is 11.8. The molecule has 0 spiro atoms.